The molecule has 0 aliphatic heterocycles. The second kappa shape index (κ2) is 10.5. The molecule has 2 atom stereocenters. The summed E-state index contributed by atoms with van der Waals surface area (Å²) in [4.78, 5) is 0. The van der Waals surface area contributed by atoms with Gasteiger partial charge in [0.1, 0.15) is 5.83 Å². The van der Waals surface area contributed by atoms with E-state index in [2.05, 4.69) is 6.92 Å². The molecule has 0 bridgehead atoms. The molecule has 0 saturated heterocycles. The summed E-state index contributed by atoms with van der Waals surface area (Å²) in [7, 11) is 0. The van der Waals surface area contributed by atoms with Crippen molar-refractivity contribution in [3.63, 3.8) is 0 Å². The molecule has 35 heavy (non-hydrogen) atoms. The van der Waals surface area contributed by atoms with E-state index in [4.69, 9.17) is 4.74 Å². The van der Waals surface area contributed by atoms with E-state index in [0.717, 1.165) is 18.4 Å². The largest absolute Gasteiger partial charge is 0.458 e. The minimum atomic E-state index is -1.59. The first-order valence-electron chi connectivity index (χ1n) is 11.6. The number of allylic oxidation sites excluding steroid dienone is 4. The molecule has 2 nitrogen and oxygen atoms in total. The number of hydrogen-bond acceptors (Lipinski definition) is 2. The van der Waals surface area contributed by atoms with Crippen LogP contribution in [0.4, 0.5) is 17.6 Å². The molecule has 0 spiro atoms. The lowest BCUT2D eigenvalue weighted by molar-refractivity contribution is -0.0224. The van der Waals surface area contributed by atoms with Gasteiger partial charge in [0.2, 0.25) is 12.1 Å². The molecule has 0 saturated carbocycles. The zero-order chi connectivity index (χ0) is 25.1. The highest BCUT2D eigenvalue weighted by Gasteiger charge is 2.24. The lowest BCUT2D eigenvalue weighted by atomic mass is 9.92. The topological polar surface area (TPSA) is 29.5 Å². The van der Waals surface area contributed by atoms with Crippen molar-refractivity contribution in [2.75, 3.05) is 0 Å². The van der Waals surface area contributed by atoms with Crippen LogP contribution in [0.1, 0.15) is 49.7 Å². The molecule has 6 heteroatoms. The molecule has 1 N–H and O–H groups in total. The lowest BCUT2D eigenvalue weighted by Crippen LogP contribution is -2.09. The maximum Gasteiger partial charge on any atom is 0.224 e. The fourth-order valence-corrected chi connectivity index (χ4v) is 4.08. The predicted molar refractivity (Wildman–Crippen MR) is 129 cm³/mol. The Labute approximate surface area is 202 Å². The quantitative estimate of drug-likeness (QED) is 0.272. The summed E-state index contributed by atoms with van der Waals surface area (Å²) in [5, 5.41) is 10.4. The third-order valence-electron chi connectivity index (χ3n) is 6.15. The number of aryl methyl sites for hydroxylation is 1. The number of rotatable bonds is 7. The van der Waals surface area contributed by atoms with Gasteiger partial charge >= 0.3 is 0 Å². The van der Waals surface area contributed by atoms with Crippen LogP contribution in [0.25, 0.3) is 16.7 Å². The summed E-state index contributed by atoms with van der Waals surface area (Å²) in [6.07, 6.45) is 2.31. The average Bonchev–Trinajstić information content (AvgIpc) is 2.86. The van der Waals surface area contributed by atoms with Crippen molar-refractivity contribution in [2.24, 2.45) is 5.92 Å². The third-order valence-corrected chi connectivity index (χ3v) is 6.15. The molecule has 0 amide bonds. The predicted octanol–water partition coefficient (Wildman–Crippen LogP) is 8.23. The van der Waals surface area contributed by atoms with E-state index < -0.39 is 41.2 Å². The van der Waals surface area contributed by atoms with Gasteiger partial charge in [0.25, 0.3) is 0 Å². The van der Waals surface area contributed by atoms with Crippen molar-refractivity contribution in [3.8, 4) is 16.9 Å². The Balaban J connectivity index is 1.50. The number of aliphatic hydroxyl groups is 1. The molecule has 0 heterocycles. The van der Waals surface area contributed by atoms with Gasteiger partial charge in [-0.05, 0) is 41.7 Å². The van der Waals surface area contributed by atoms with Crippen molar-refractivity contribution in [1.29, 1.82) is 0 Å². The first kappa shape index (κ1) is 24.7. The van der Waals surface area contributed by atoms with Gasteiger partial charge in [-0.2, -0.15) is 4.39 Å². The summed E-state index contributed by atoms with van der Waals surface area (Å²) in [5.41, 5.74) is 2.58. The number of hydrogen-bond donors (Lipinski definition) is 1. The van der Waals surface area contributed by atoms with Crippen molar-refractivity contribution in [2.45, 2.75) is 39.4 Å². The molecule has 0 fully saturated rings. The number of halogens is 4. The van der Waals surface area contributed by atoms with E-state index >= 15 is 0 Å². The Kier molecular flexibility index (Phi) is 7.41. The minimum absolute atomic E-state index is 0.0918. The summed E-state index contributed by atoms with van der Waals surface area (Å²) in [5.74, 6) is -4.91. The fraction of sp³-hybridized carbons (Fsp3) is 0.241. The van der Waals surface area contributed by atoms with Gasteiger partial charge in [-0.3, -0.25) is 0 Å². The van der Waals surface area contributed by atoms with E-state index in [1.165, 1.54) is 36.4 Å². The molecular weight excluding hydrogens is 456 g/mol. The Hall–Kier alpha value is -3.38. The summed E-state index contributed by atoms with van der Waals surface area (Å²) < 4.78 is 63.1. The highest BCUT2D eigenvalue weighted by molar-refractivity contribution is 5.78. The average molecular weight is 483 g/mol. The Morgan fingerprint density at radius 3 is 2.20 bits per heavy atom. The fourth-order valence-electron chi connectivity index (χ4n) is 4.08. The monoisotopic (exact) mass is 482 g/mol. The van der Waals surface area contributed by atoms with Crippen molar-refractivity contribution in [1.82, 2.24) is 0 Å². The molecule has 2 unspecified atom stereocenters. The molecular formula is C29H26F4O2. The van der Waals surface area contributed by atoms with Gasteiger partial charge in [0, 0.05) is 22.6 Å². The van der Waals surface area contributed by atoms with Crippen LogP contribution < -0.4 is 4.74 Å². The van der Waals surface area contributed by atoms with Crippen LogP contribution in [0.5, 0.6) is 5.75 Å². The van der Waals surface area contributed by atoms with Crippen LogP contribution in [-0.2, 0) is 6.42 Å². The smallest absolute Gasteiger partial charge is 0.224 e. The van der Waals surface area contributed by atoms with Gasteiger partial charge in [-0.25, -0.2) is 13.2 Å². The Bertz CT molecular complexity index is 1260. The van der Waals surface area contributed by atoms with Gasteiger partial charge in [-0.1, -0.05) is 74.9 Å². The van der Waals surface area contributed by atoms with Crippen LogP contribution in [0.3, 0.4) is 0 Å². The molecule has 4 rings (SSSR count). The molecule has 182 valence electrons. The summed E-state index contributed by atoms with van der Waals surface area (Å²) in [6.45, 7) is 3.67. The highest BCUT2D eigenvalue weighted by atomic mass is 19.2. The van der Waals surface area contributed by atoms with E-state index in [0.29, 0.717) is 17.5 Å². The third kappa shape index (κ3) is 5.17. The Morgan fingerprint density at radius 1 is 0.886 bits per heavy atom. The van der Waals surface area contributed by atoms with E-state index in [1.807, 2.05) is 12.1 Å². The lowest BCUT2D eigenvalue weighted by Gasteiger charge is -2.18. The zero-order valence-corrected chi connectivity index (χ0v) is 19.5. The van der Waals surface area contributed by atoms with Crippen LogP contribution in [0.2, 0.25) is 0 Å². The molecule has 3 aromatic carbocycles. The number of benzene rings is 3. The summed E-state index contributed by atoms with van der Waals surface area (Å²) >= 11 is 0. The van der Waals surface area contributed by atoms with Gasteiger partial charge < -0.3 is 9.84 Å². The van der Waals surface area contributed by atoms with Gasteiger partial charge in [-0.15, -0.1) is 0 Å². The van der Waals surface area contributed by atoms with E-state index in [9.17, 15) is 22.7 Å². The summed E-state index contributed by atoms with van der Waals surface area (Å²) in [6, 6.07) is 15.9. The van der Waals surface area contributed by atoms with Crippen LogP contribution in [0, 0.1) is 17.6 Å². The van der Waals surface area contributed by atoms with Crippen LogP contribution in [-0.4, -0.2) is 5.11 Å². The Morgan fingerprint density at radius 2 is 1.54 bits per heavy atom. The second-order valence-electron chi connectivity index (χ2n) is 8.69. The molecule has 3 aromatic rings. The highest BCUT2D eigenvalue weighted by Crippen LogP contribution is 2.37. The maximum atomic E-state index is 14.8. The number of aliphatic hydroxyl groups excluding tert-OH is 1. The van der Waals surface area contributed by atoms with Gasteiger partial charge in [0.15, 0.2) is 17.4 Å². The SMILES string of the molecule is CCCc1ccc(-c2ccc(OC(O)c3ccc(C4=CCC(C)C(F)=C4F)cc3)c(F)c2F)cc1. The number of ether oxygens (including phenoxy) is 1. The standard InChI is InChI=1S/C29H26F4O2/c1-3-4-18-6-8-19(9-7-18)23-15-16-24(28(33)27(23)32)35-29(34)21-12-10-20(11-13-21)22-14-5-17(2)25(30)26(22)31/h6-17,29,34H,3-5H2,1-2H3. The first-order valence-corrected chi connectivity index (χ1v) is 11.6. The van der Waals surface area contributed by atoms with Gasteiger partial charge in [0.05, 0.1) is 0 Å². The second-order valence-corrected chi connectivity index (χ2v) is 8.69. The van der Waals surface area contributed by atoms with Crippen molar-refractivity contribution < 1.29 is 27.4 Å². The molecule has 1 aliphatic rings. The van der Waals surface area contributed by atoms with Crippen LogP contribution >= 0.6 is 0 Å². The van der Waals surface area contributed by atoms with E-state index in [1.54, 1.807) is 25.1 Å². The van der Waals surface area contributed by atoms with E-state index in [-0.39, 0.29) is 16.7 Å². The molecule has 0 aromatic heterocycles. The first-order chi connectivity index (χ1) is 16.8. The zero-order valence-electron chi connectivity index (χ0n) is 19.5. The maximum absolute atomic E-state index is 14.8. The van der Waals surface area contributed by atoms with Crippen molar-refractivity contribution in [3.05, 3.63) is 107 Å². The minimum Gasteiger partial charge on any atom is -0.458 e. The van der Waals surface area contributed by atoms with Crippen molar-refractivity contribution >= 4 is 5.57 Å². The normalized spacial score (nSPS) is 16.8. The molecule has 0 radical (unpaired) electrons. The van der Waals surface area contributed by atoms with Crippen LogP contribution in [0.15, 0.2) is 78.4 Å². The molecule has 1 aliphatic carbocycles.